The SMILES string of the molecule is CCCOc1ccc(C=Nc2ccc(/C=C3\C(=O)C(C(C)C)CCC3C)cc2)cc1. The Balaban J connectivity index is 1.68. The van der Waals surface area contributed by atoms with E-state index in [1.165, 1.54) is 0 Å². The van der Waals surface area contributed by atoms with Crippen LogP contribution in [0.15, 0.2) is 59.1 Å². The molecule has 0 bridgehead atoms. The van der Waals surface area contributed by atoms with Gasteiger partial charge in [0.1, 0.15) is 5.75 Å². The van der Waals surface area contributed by atoms with Crippen molar-refractivity contribution in [1.29, 1.82) is 0 Å². The first-order chi connectivity index (χ1) is 14.5. The van der Waals surface area contributed by atoms with Gasteiger partial charge in [-0.15, -0.1) is 0 Å². The molecule has 3 nitrogen and oxygen atoms in total. The summed E-state index contributed by atoms with van der Waals surface area (Å²) in [6.45, 7) is 9.29. The van der Waals surface area contributed by atoms with E-state index in [1.807, 2.05) is 54.7 Å². The highest BCUT2D eigenvalue weighted by Gasteiger charge is 2.32. The fourth-order valence-corrected chi connectivity index (χ4v) is 3.88. The van der Waals surface area contributed by atoms with Gasteiger partial charge in [-0.05, 0) is 90.3 Å². The fraction of sp³-hybridized carbons (Fsp3) is 0.407. The number of Topliss-reactive ketones (excluding diaryl/α,β-unsaturated/α-hetero) is 1. The van der Waals surface area contributed by atoms with Gasteiger partial charge in [-0.25, -0.2) is 0 Å². The lowest BCUT2D eigenvalue weighted by Crippen LogP contribution is -2.30. The lowest BCUT2D eigenvalue weighted by molar-refractivity contribution is -0.122. The second kappa shape index (κ2) is 10.4. The van der Waals surface area contributed by atoms with Gasteiger partial charge in [0.15, 0.2) is 5.78 Å². The highest BCUT2D eigenvalue weighted by molar-refractivity contribution is 6.02. The van der Waals surface area contributed by atoms with E-state index < -0.39 is 0 Å². The van der Waals surface area contributed by atoms with Crippen molar-refractivity contribution in [3.63, 3.8) is 0 Å². The van der Waals surface area contributed by atoms with Crippen LogP contribution in [0, 0.1) is 17.8 Å². The number of nitrogens with zero attached hydrogens (tertiary/aromatic N) is 1. The Labute approximate surface area is 180 Å². The molecule has 2 atom stereocenters. The third kappa shape index (κ3) is 5.69. The zero-order valence-corrected chi connectivity index (χ0v) is 18.6. The number of hydrogen-bond acceptors (Lipinski definition) is 3. The van der Waals surface area contributed by atoms with Gasteiger partial charge in [-0.1, -0.05) is 39.8 Å². The molecule has 0 N–H and O–H groups in total. The molecule has 0 amide bonds. The molecule has 2 aromatic rings. The van der Waals surface area contributed by atoms with Crippen molar-refractivity contribution < 1.29 is 9.53 Å². The van der Waals surface area contributed by atoms with Gasteiger partial charge in [0.05, 0.1) is 12.3 Å². The minimum absolute atomic E-state index is 0.162. The van der Waals surface area contributed by atoms with Gasteiger partial charge >= 0.3 is 0 Å². The first kappa shape index (κ1) is 22.0. The largest absolute Gasteiger partial charge is 0.494 e. The molecule has 3 heteroatoms. The Bertz CT molecular complexity index is 891. The number of carbonyl (C=O) groups excluding carboxylic acids is 1. The number of hydrogen-bond donors (Lipinski definition) is 0. The summed E-state index contributed by atoms with van der Waals surface area (Å²) in [5, 5.41) is 0. The monoisotopic (exact) mass is 403 g/mol. The van der Waals surface area contributed by atoms with Crippen molar-refractivity contribution in [3.8, 4) is 5.75 Å². The fourth-order valence-electron chi connectivity index (χ4n) is 3.88. The molecule has 158 valence electrons. The van der Waals surface area contributed by atoms with E-state index in [0.717, 1.165) is 54.0 Å². The molecule has 0 radical (unpaired) electrons. The van der Waals surface area contributed by atoms with Crippen LogP contribution in [0.4, 0.5) is 5.69 Å². The summed E-state index contributed by atoms with van der Waals surface area (Å²) in [7, 11) is 0. The summed E-state index contributed by atoms with van der Waals surface area (Å²) in [4.78, 5) is 17.5. The third-order valence-electron chi connectivity index (χ3n) is 5.80. The molecule has 1 aliphatic carbocycles. The van der Waals surface area contributed by atoms with Crippen molar-refractivity contribution >= 4 is 23.8 Å². The first-order valence-electron chi connectivity index (χ1n) is 11.1. The summed E-state index contributed by atoms with van der Waals surface area (Å²) in [5.74, 6) is 2.11. The van der Waals surface area contributed by atoms with E-state index in [2.05, 4.69) is 38.8 Å². The molecule has 3 rings (SSSR count). The van der Waals surface area contributed by atoms with Crippen LogP contribution < -0.4 is 4.74 Å². The Hall–Kier alpha value is -2.68. The molecule has 2 aromatic carbocycles. The molecule has 0 aliphatic heterocycles. The number of ether oxygens (including phenoxy) is 1. The summed E-state index contributed by atoms with van der Waals surface area (Å²) in [6.07, 6.45) is 7.03. The molecule has 0 aromatic heterocycles. The molecule has 1 saturated carbocycles. The molecular formula is C27H33NO2. The van der Waals surface area contributed by atoms with E-state index in [9.17, 15) is 4.79 Å². The smallest absolute Gasteiger partial charge is 0.162 e. The summed E-state index contributed by atoms with van der Waals surface area (Å²) >= 11 is 0. The van der Waals surface area contributed by atoms with Crippen LogP contribution in [0.25, 0.3) is 6.08 Å². The maximum absolute atomic E-state index is 12.9. The molecule has 0 heterocycles. The standard InChI is InChI=1S/C27H33NO2/c1-5-16-30-24-13-9-22(10-14-24)18-28-23-11-7-21(8-12-23)17-26-20(4)6-15-25(19(2)3)27(26)29/h7-14,17-20,25H,5-6,15-16H2,1-4H3/b26-17-,28-18?. The highest BCUT2D eigenvalue weighted by Crippen LogP contribution is 2.35. The zero-order valence-electron chi connectivity index (χ0n) is 18.6. The molecule has 0 spiro atoms. The third-order valence-corrected chi connectivity index (χ3v) is 5.80. The van der Waals surface area contributed by atoms with Gasteiger partial charge in [-0.3, -0.25) is 9.79 Å². The van der Waals surface area contributed by atoms with Gasteiger partial charge in [0, 0.05) is 12.1 Å². The summed E-state index contributed by atoms with van der Waals surface area (Å²) in [5.41, 5.74) is 3.96. The predicted octanol–water partition coefficient (Wildman–Crippen LogP) is 6.88. The topological polar surface area (TPSA) is 38.7 Å². The van der Waals surface area contributed by atoms with Crippen LogP contribution >= 0.6 is 0 Å². The van der Waals surface area contributed by atoms with Crippen molar-refractivity contribution in [2.75, 3.05) is 6.61 Å². The van der Waals surface area contributed by atoms with Crippen LogP contribution in [0.3, 0.4) is 0 Å². The van der Waals surface area contributed by atoms with Crippen LogP contribution in [-0.4, -0.2) is 18.6 Å². The van der Waals surface area contributed by atoms with E-state index in [4.69, 9.17) is 4.74 Å². The second-order valence-electron chi connectivity index (χ2n) is 8.56. The first-order valence-corrected chi connectivity index (χ1v) is 11.1. The highest BCUT2D eigenvalue weighted by atomic mass is 16.5. The number of carbonyl (C=O) groups is 1. The van der Waals surface area contributed by atoms with Crippen LogP contribution in [-0.2, 0) is 4.79 Å². The Morgan fingerprint density at radius 1 is 1.03 bits per heavy atom. The second-order valence-corrected chi connectivity index (χ2v) is 8.56. The van der Waals surface area contributed by atoms with E-state index in [1.54, 1.807) is 0 Å². The van der Waals surface area contributed by atoms with Crippen LogP contribution in [0.5, 0.6) is 5.75 Å². The van der Waals surface area contributed by atoms with Crippen molar-refractivity contribution in [3.05, 3.63) is 65.2 Å². The van der Waals surface area contributed by atoms with E-state index in [0.29, 0.717) is 17.6 Å². The zero-order chi connectivity index (χ0) is 21.5. The minimum atomic E-state index is 0.162. The number of benzene rings is 2. The van der Waals surface area contributed by atoms with Gasteiger partial charge in [0.2, 0.25) is 0 Å². The maximum Gasteiger partial charge on any atom is 0.162 e. The lowest BCUT2D eigenvalue weighted by atomic mass is 9.73. The van der Waals surface area contributed by atoms with Crippen molar-refractivity contribution in [2.45, 2.75) is 47.0 Å². The quantitative estimate of drug-likeness (QED) is 0.373. The Kier molecular flexibility index (Phi) is 7.62. The Morgan fingerprint density at radius 3 is 2.33 bits per heavy atom. The van der Waals surface area contributed by atoms with Crippen LogP contribution in [0.2, 0.25) is 0 Å². The van der Waals surface area contributed by atoms with Crippen molar-refractivity contribution in [1.82, 2.24) is 0 Å². The number of aliphatic imine (C=N–C) groups is 1. The van der Waals surface area contributed by atoms with E-state index >= 15 is 0 Å². The van der Waals surface area contributed by atoms with Gasteiger partial charge in [-0.2, -0.15) is 0 Å². The van der Waals surface area contributed by atoms with Gasteiger partial charge < -0.3 is 4.74 Å². The summed E-state index contributed by atoms with van der Waals surface area (Å²) in [6, 6.07) is 16.0. The lowest BCUT2D eigenvalue weighted by Gasteiger charge is -2.30. The number of ketones is 1. The molecule has 2 unspecified atom stereocenters. The summed E-state index contributed by atoms with van der Waals surface area (Å²) < 4.78 is 5.61. The van der Waals surface area contributed by atoms with Gasteiger partial charge in [0.25, 0.3) is 0 Å². The molecular weight excluding hydrogens is 370 g/mol. The number of allylic oxidation sites excluding steroid dienone is 1. The minimum Gasteiger partial charge on any atom is -0.494 e. The predicted molar refractivity (Wildman–Crippen MR) is 126 cm³/mol. The number of rotatable bonds is 7. The normalized spacial score (nSPS) is 21.0. The Morgan fingerprint density at radius 2 is 1.70 bits per heavy atom. The van der Waals surface area contributed by atoms with E-state index in [-0.39, 0.29) is 5.92 Å². The average molecular weight is 404 g/mol. The maximum atomic E-state index is 12.9. The molecule has 1 fully saturated rings. The molecule has 1 aliphatic rings. The average Bonchev–Trinajstić information content (AvgIpc) is 2.75. The molecule has 30 heavy (non-hydrogen) atoms. The molecule has 0 saturated heterocycles. The van der Waals surface area contributed by atoms with Crippen molar-refractivity contribution in [2.24, 2.45) is 22.7 Å². The van der Waals surface area contributed by atoms with Crippen LogP contribution in [0.1, 0.15) is 58.1 Å².